The number of aromatic nitrogens is 1. The van der Waals surface area contributed by atoms with Gasteiger partial charge in [0, 0.05) is 16.5 Å². The van der Waals surface area contributed by atoms with Crippen LogP contribution in [0.2, 0.25) is 0 Å². The predicted octanol–water partition coefficient (Wildman–Crippen LogP) is 5.93. The summed E-state index contributed by atoms with van der Waals surface area (Å²) in [6, 6.07) is 12.4. The third-order valence-electron chi connectivity index (χ3n) is 4.75. The topological polar surface area (TPSA) is 87.0 Å². The molecule has 0 aliphatic carbocycles. The van der Waals surface area contributed by atoms with Crippen molar-refractivity contribution in [1.29, 1.82) is 0 Å². The predicted molar refractivity (Wildman–Crippen MR) is 110 cm³/mol. The van der Waals surface area contributed by atoms with Crippen LogP contribution in [0.25, 0.3) is 10.9 Å². The number of ether oxygens (including phenoxy) is 1. The average Bonchev–Trinajstić information content (AvgIpc) is 3.05. The minimum absolute atomic E-state index is 0.109. The number of H-pyrrole nitrogens is 1. The molecule has 1 heterocycles. The van der Waals surface area contributed by atoms with Gasteiger partial charge in [-0.15, -0.1) is 10.2 Å². The first kappa shape index (κ1) is 19.6. The Kier molecular flexibility index (Phi) is 6.42. The van der Waals surface area contributed by atoms with Gasteiger partial charge < -0.3 is 14.8 Å². The molecule has 2 aromatic carbocycles. The number of aromatic amines is 1. The Hall–Kier alpha value is -3.15. The van der Waals surface area contributed by atoms with E-state index in [0.29, 0.717) is 10.9 Å². The van der Waals surface area contributed by atoms with Crippen LogP contribution in [0, 0.1) is 0 Å². The first-order valence-electron chi connectivity index (χ1n) is 9.57. The molecular formula is C22H25N3O3. The van der Waals surface area contributed by atoms with Gasteiger partial charge in [0.25, 0.3) is 5.91 Å². The smallest absolute Gasteiger partial charge is 0.295 e. The van der Waals surface area contributed by atoms with Gasteiger partial charge in [0.2, 0.25) is 5.88 Å². The highest BCUT2D eigenvalue weighted by atomic mass is 16.5. The summed E-state index contributed by atoms with van der Waals surface area (Å²) >= 11 is 0. The fraction of sp³-hybridized carbons (Fsp3) is 0.318. The number of carbonyl (C=O) groups excluding carboxylic acids is 1. The van der Waals surface area contributed by atoms with Crippen molar-refractivity contribution < 1.29 is 14.6 Å². The van der Waals surface area contributed by atoms with Gasteiger partial charge in [0.05, 0.1) is 12.6 Å². The van der Waals surface area contributed by atoms with Crippen LogP contribution in [0.15, 0.2) is 52.7 Å². The first-order valence-corrected chi connectivity index (χ1v) is 9.57. The van der Waals surface area contributed by atoms with Crippen molar-refractivity contribution >= 4 is 22.5 Å². The van der Waals surface area contributed by atoms with Crippen molar-refractivity contribution in [3.8, 4) is 11.6 Å². The lowest BCUT2D eigenvalue weighted by Gasteiger charge is -2.09. The zero-order chi connectivity index (χ0) is 19.9. The second kappa shape index (κ2) is 9.17. The third-order valence-corrected chi connectivity index (χ3v) is 4.75. The van der Waals surface area contributed by atoms with Crippen LogP contribution in [-0.4, -0.2) is 23.1 Å². The highest BCUT2D eigenvalue weighted by Crippen LogP contribution is 2.40. The van der Waals surface area contributed by atoms with Crippen LogP contribution in [0.5, 0.6) is 11.6 Å². The highest BCUT2D eigenvalue weighted by molar-refractivity contribution is 5.98. The molecule has 0 spiro atoms. The molecule has 0 fully saturated rings. The number of carbonyl (C=O) groups is 1. The van der Waals surface area contributed by atoms with E-state index in [0.717, 1.165) is 36.1 Å². The van der Waals surface area contributed by atoms with E-state index in [1.54, 1.807) is 31.4 Å². The number of aromatic hydroxyl groups is 1. The van der Waals surface area contributed by atoms with Gasteiger partial charge in [0.1, 0.15) is 5.75 Å². The molecular weight excluding hydrogens is 354 g/mol. The molecule has 0 atom stereocenters. The number of unbranched alkanes of at least 4 members (excludes halogenated alkanes) is 3. The minimum Gasteiger partial charge on any atom is -0.496 e. The van der Waals surface area contributed by atoms with E-state index in [1.807, 2.05) is 18.2 Å². The van der Waals surface area contributed by atoms with Crippen LogP contribution in [-0.2, 0) is 6.42 Å². The van der Waals surface area contributed by atoms with Crippen LogP contribution < -0.4 is 4.74 Å². The number of methoxy groups -OCH3 is 1. The lowest BCUT2D eigenvalue weighted by atomic mass is 10.0. The lowest BCUT2D eigenvalue weighted by molar-refractivity contribution is 0.0995. The second-order valence-corrected chi connectivity index (χ2v) is 6.67. The van der Waals surface area contributed by atoms with E-state index in [9.17, 15) is 9.90 Å². The summed E-state index contributed by atoms with van der Waals surface area (Å²) < 4.78 is 5.51. The molecule has 6 nitrogen and oxygen atoms in total. The number of azo groups is 1. The normalized spacial score (nSPS) is 11.4. The fourth-order valence-electron chi connectivity index (χ4n) is 3.28. The van der Waals surface area contributed by atoms with Gasteiger partial charge in [-0.1, -0.05) is 44.4 Å². The third kappa shape index (κ3) is 4.22. The number of fused-ring (bicyclic) bond motifs is 1. The maximum atomic E-state index is 12.2. The summed E-state index contributed by atoms with van der Waals surface area (Å²) in [4.78, 5) is 15.2. The molecule has 146 valence electrons. The Bertz CT molecular complexity index is 978. The van der Waals surface area contributed by atoms with Gasteiger partial charge in [-0.25, -0.2) is 0 Å². The monoisotopic (exact) mass is 379 g/mol. The maximum absolute atomic E-state index is 12.2. The lowest BCUT2D eigenvalue weighted by Crippen LogP contribution is -1.94. The fourth-order valence-corrected chi connectivity index (χ4v) is 3.28. The zero-order valence-corrected chi connectivity index (χ0v) is 16.2. The van der Waals surface area contributed by atoms with E-state index in [1.165, 1.54) is 12.8 Å². The van der Waals surface area contributed by atoms with E-state index >= 15 is 0 Å². The molecule has 1 amide bonds. The summed E-state index contributed by atoms with van der Waals surface area (Å²) in [6.07, 6.45) is 5.37. The quantitative estimate of drug-likeness (QED) is 0.376. The van der Waals surface area contributed by atoms with Crippen molar-refractivity contribution in [2.24, 2.45) is 10.2 Å². The molecule has 0 aliphatic heterocycles. The van der Waals surface area contributed by atoms with Crippen molar-refractivity contribution in [1.82, 2.24) is 4.98 Å². The Balaban J connectivity index is 1.92. The number of amides is 1. The summed E-state index contributed by atoms with van der Waals surface area (Å²) in [5.74, 6) is 0.208. The van der Waals surface area contributed by atoms with Crippen molar-refractivity contribution in [2.45, 2.75) is 39.0 Å². The van der Waals surface area contributed by atoms with E-state index in [2.05, 4.69) is 22.1 Å². The number of aryl methyl sites for hydroxylation is 1. The highest BCUT2D eigenvalue weighted by Gasteiger charge is 2.17. The second-order valence-electron chi connectivity index (χ2n) is 6.67. The number of rotatable bonds is 8. The molecule has 3 rings (SSSR count). The maximum Gasteiger partial charge on any atom is 0.295 e. The number of hydrogen-bond donors (Lipinski definition) is 2. The van der Waals surface area contributed by atoms with Crippen LogP contribution in [0.3, 0.4) is 0 Å². The van der Waals surface area contributed by atoms with Gasteiger partial charge in [-0.2, -0.15) is 0 Å². The zero-order valence-electron chi connectivity index (χ0n) is 16.2. The molecule has 3 aromatic rings. The molecule has 0 unspecified atom stereocenters. The van der Waals surface area contributed by atoms with Crippen LogP contribution >= 0.6 is 0 Å². The summed E-state index contributed by atoms with van der Waals surface area (Å²) in [6.45, 7) is 2.18. The molecule has 0 saturated carbocycles. The molecule has 2 N–H and O–H groups in total. The number of nitrogens with one attached hydrogen (secondary N) is 1. The summed E-state index contributed by atoms with van der Waals surface area (Å²) in [7, 11) is 1.64. The summed E-state index contributed by atoms with van der Waals surface area (Å²) in [5, 5.41) is 18.9. The van der Waals surface area contributed by atoms with Gasteiger partial charge >= 0.3 is 0 Å². The molecule has 1 aromatic heterocycles. The summed E-state index contributed by atoms with van der Waals surface area (Å²) in [5.41, 5.74) is 2.48. The van der Waals surface area contributed by atoms with Crippen molar-refractivity contribution in [3.63, 3.8) is 0 Å². The molecule has 0 saturated heterocycles. The molecule has 6 heteroatoms. The number of hydrogen-bond acceptors (Lipinski definition) is 4. The Morgan fingerprint density at radius 2 is 1.89 bits per heavy atom. The molecule has 28 heavy (non-hydrogen) atoms. The van der Waals surface area contributed by atoms with Gasteiger partial charge in [0.15, 0.2) is 5.69 Å². The average molecular weight is 379 g/mol. The minimum atomic E-state index is -0.456. The van der Waals surface area contributed by atoms with Crippen LogP contribution in [0.4, 0.5) is 5.69 Å². The molecule has 0 bridgehead atoms. The van der Waals surface area contributed by atoms with Crippen molar-refractivity contribution in [3.05, 3.63) is 53.6 Å². The SMILES string of the molecule is CCCCCCc1c(OC)ccc2c(N=NC(=O)c3ccccc3)c(O)[nH]c12. The standard InChI is InChI=1S/C22H25N3O3/c1-3-4-5-9-12-16-18(28-2)14-13-17-19(16)23-22(27)20(17)24-25-21(26)15-10-7-6-8-11-15/h6-8,10-11,13-14,23,27H,3-5,9,12H2,1-2H3. The van der Waals surface area contributed by atoms with Crippen LogP contribution in [0.1, 0.15) is 48.5 Å². The van der Waals surface area contributed by atoms with Gasteiger partial charge in [-0.05, 0) is 37.1 Å². The Morgan fingerprint density at radius 1 is 1.11 bits per heavy atom. The molecule has 0 radical (unpaired) electrons. The Labute approximate surface area is 164 Å². The van der Waals surface area contributed by atoms with E-state index < -0.39 is 5.91 Å². The van der Waals surface area contributed by atoms with E-state index in [-0.39, 0.29) is 11.6 Å². The Morgan fingerprint density at radius 3 is 2.61 bits per heavy atom. The van der Waals surface area contributed by atoms with Crippen molar-refractivity contribution in [2.75, 3.05) is 7.11 Å². The van der Waals surface area contributed by atoms with E-state index in [4.69, 9.17) is 4.74 Å². The largest absolute Gasteiger partial charge is 0.496 e. The first-order chi connectivity index (χ1) is 13.7. The van der Waals surface area contributed by atoms with Gasteiger partial charge in [-0.3, -0.25) is 4.79 Å². The number of nitrogens with zero attached hydrogens (tertiary/aromatic N) is 2. The molecule has 0 aliphatic rings. The number of benzene rings is 2.